The maximum absolute atomic E-state index is 11.9. The molecule has 5 heteroatoms. The van der Waals surface area contributed by atoms with E-state index in [0.29, 0.717) is 13.0 Å². The van der Waals surface area contributed by atoms with Crippen LogP contribution in [0.2, 0.25) is 0 Å². The normalized spacial score (nSPS) is 14.2. The monoisotopic (exact) mass is 283 g/mol. The van der Waals surface area contributed by atoms with Crippen molar-refractivity contribution in [1.82, 2.24) is 4.31 Å². The van der Waals surface area contributed by atoms with Gasteiger partial charge in [-0.3, -0.25) is 0 Å². The highest BCUT2D eigenvalue weighted by Crippen LogP contribution is 2.09. The fourth-order valence-corrected chi connectivity index (χ4v) is 2.34. The number of aliphatic hydroxyl groups excluding tert-OH is 1. The summed E-state index contributed by atoms with van der Waals surface area (Å²) in [5.41, 5.74) is 1.98. The van der Waals surface area contributed by atoms with E-state index in [4.69, 9.17) is 5.11 Å². The zero-order valence-corrected chi connectivity index (χ0v) is 12.4. The van der Waals surface area contributed by atoms with Crippen LogP contribution in [0.1, 0.15) is 24.5 Å². The van der Waals surface area contributed by atoms with Crippen molar-refractivity contribution >= 4 is 16.1 Å². The summed E-state index contributed by atoms with van der Waals surface area (Å²) in [6, 6.07) is 7.61. The lowest BCUT2D eigenvalue weighted by molar-refractivity contribution is 0.177. The Morgan fingerprint density at radius 1 is 1.32 bits per heavy atom. The van der Waals surface area contributed by atoms with Crippen molar-refractivity contribution < 1.29 is 13.5 Å². The minimum Gasteiger partial charge on any atom is -0.393 e. The first-order valence-corrected chi connectivity index (χ1v) is 7.71. The molecule has 4 nitrogen and oxygen atoms in total. The van der Waals surface area contributed by atoms with E-state index in [-0.39, 0.29) is 0 Å². The lowest BCUT2D eigenvalue weighted by Crippen LogP contribution is -2.27. The second-order valence-corrected chi connectivity index (χ2v) is 6.64. The molecule has 0 amide bonds. The number of hydrogen-bond donors (Lipinski definition) is 1. The van der Waals surface area contributed by atoms with Crippen LogP contribution in [0.4, 0.5) is 0 Å². The van der Waals surface area contributed by atoms with Crippen LogP contribution in [0.3, 0.4) is 0 Å². The molecule has 1 aromatic carbocycles. The Kier molecular flexibility index (Phi) is 5.72. The molecule has 1 unspecified atom stereocenters. The van der Waals surface area contributed by atoms with Gasteiger partial charge in [-0.2, -0.15) is 0 Å². The number of aliphatic hydroxyl groups is 1. The minimum atomic E-state index is -3.42. The molecular formula is C14H21NO3S. The van der Waals surface area contributed by atoms with E-state index >= 15 is 0 Å². The quantitative estimate of drug-likeness (QED) is 0.868. The van der Waals surface area contributed by atoms with E-state index in [1.165, 1.54) is 16.8 Å². The molecule has 1 aromatic rings. The van der Waals surface area contributed by atoms with Gasteiger partial charge in [0, 0.05) is 19.0 Å². The van der Waals surface area contributed by atoms with Crippen molar-refractivity contribution in [3.63, 3.8) is 0 Å². The van der Waals surface area contributed by atoms with E-state index in [9.17, 15) is 8.42 Å². The predicted molar refractivity (Wildman–Crippen MR) is 78.1 cm³/mol. The smallest absolute Gasteiger partial charge is 0.235 e. The third kappa shape index (κ3) is 5.55. The molecule has 0 aromatic heterocycles. The van der Waals surface area contributed by atoms with Gasteiger partial charge in [0.15, 0.2) is 0 Å². The third-order valence-electron chi connectivity index (χ3n) is 2.81. The number of nitrogens with zero attached hydrogens (tertiary/aromatic N) is 1. The fraction of sp³-hybridized carbons (Fsp3) is 0.429. The Bertz CT molecular complexity index is 518. The van der Waals surface area contributed by atoms with Gasteiger partial charge in [-0.05, 0) is 31.9 Å². The summed E-state index contributed by atoms with van der Waals surface area (Å²) in [5.74, 6) is 0. The van der Waals surface area contributed by atoms with Crippen LogP contribution in [0.25, 0.3) is 6.08 Å². The number of aryl methyl sites for hydroxylation is 1. The zero-order valence-electron chi connectivity index (χ0n) is 11.6. The second-order valence-electron chi connectivity index (χ2n) is 4.72. The van der Waals surface area contributed by atoms with Gasteiger partial charge in [-0.1, -0.05) is 29.8 Å². The lowest BCUT2D eigenvalue weighted by atomic mass is 10.2. The average Bonchev–Trinajstić information content (AvgIpc) is 2.35. The van der Waals surface area contributed by atoms with E-state index < -0.39 is 16.1 Å². The van der Waals surface area contributed by atoms with Gasteiger partial charge in [-0.15, -0.1) is 0 Å². The molecule has 0 bridgehead atoms. The van der Waals surface area contributed by atoms with Crippen LogP contribution >= 0.6 is 0 Å². The molecular weight excluding hydrogens is 262 g/mol. The molecule has 0 fully saturated rings. The maximum Gasteiger partial charge on any atom is 0.235 e. The largest absolute Gasteiger partial charge is 0.393 e. The molecule has 1 atom stereocenters. The summed E-state index contributed by atoms with van der Waals surface area (Å²) in [6.07, 6.45) is 1.50. The molecule has 0 aliphatic rings. The summed E-state index contributed by atoms with van der Waals surface area (Å²) in [7, 11) is -1.91. The van der Waals surface area contributed by atoms with Crippen LogP contribution < -0.4 is 0 Å². The molecule has 0 saturated carbocycles. The summed E-state index contributed by atoms with van der Waals surface area (Å²) >= 11 is 0. The molecule has 1 N–H and O–H groups in total. The van der Waals surface area contributed by atoms with Gasteiger partial charge < -0.3 is 5.11 Å². The highest BCUT2D eigenvalue weighted by Gasteiger charge is 2.14. The van der Waals surface area contributed by atoms with Gasteiger partial charge in [0.2, 0.25) is 10.0 Å². The van der Waals surface area contributed by atoms with Crippen molar-refractivity contribution in [2.24, 2.45) is 0 Å². The number of hydrogen-bond acceptors (Lipinski definition) is 3. The molecule has 0 spiro atoms. The fourth-order valence-electron chi connectivity index (χ4n) is 1.44. The summed E-state index contributed by atoms with van der Waals surface area (Å²) in [5, 5.41) is 10.4. The Balaban J connectivity index is 2.70. The SMILES string of the molecule is Cc1ccc(/C=C/S(=O)(=O)N(C)CCC(C)O)cc1. The molecule has 1 rings (SSSR count). The number of rotatable bonds is 6. The topological polar surface area (TPSA) is 57.6 Å². The van der Waals surface area contributed by atoms with Crippen molar-refractivity contribution in [3.8, 4) is 0 Å². The zero-order chi connectivity index (χ0) is 14.5. The average molecular weight is 283 g/mol. The Morgan fingerprint density at radius 3 is 2.42 bits per heavy atom. The van der Waals surface area contributed by atoms with Gasteiger partial charge in [-0.25, -0.2) is 12.7 Å². The van der Waals surface area contributed by atoms with Crippen molar-refractivity contribution in [3.05, 3.63) is 40.8 Å². The maximum atomic E-state index is 11.9. The highest BCUT2D eigenvalue weighted by atomic mass is 32.2. The summed E-state index contributed by atoms with van der Waals surface area (Å²) in [6.45, 7) is 3.93. The molecule has 0 radical (unpaired) electrons. The van der Waals surface area contributed by atoms with Crippen LogP contribution in [0.5, 0.6) is 0 Å². The van der Waals surface area contributed by atoms with Gasteiger partial charge in [0.05, 0.1) is 6.10 Å². The molecule has 19 heavy (non-hydrogen) atoms. The second kappa shape index (κ2) is 6.84. The van der Waals surface area contributed by atoms with Gasteiger partial charge in [0.1, 0.15) is 0 Å². The Labute approximate surface area is 115 Å². The summed E-state index contributed by atoms with van der Waals surface area (Å²) < 4.78 is 25.1. The van der Waals surface area contributed by atoms with Crippen molar-refractivity contribution in [2.75, 3.05) is 13.6 Å². The molecule has 0 aliphatic carbocycles. The molecule has 0 heterocycles. The van der Waals surface area contributed by atoms with Crippen molar-refractivity contribution in [1.29, 1.82) is 0 Å². The standard InChI is InChI=1S/C14H21NO3S/c1-12-4-6-14(7-5-12)9-11-19(17,18)15(3)10-8-13(2)16/h4-7,9,11,13,16H,8,10H2,1-3H3/b11-9+. The predicted octanol–water partition coefficient (Wildman–Crippen LogP) is 2.00. The highest BCUT2D eigenvalue weighted by molar-refractivity contribution is 7.92. The van der Waals surface area contributed by atoms with Crippen LogP contribution in [-0.2, 0) is 10.0 Å². The Morgan fingerprint density at radius 2 is 1.89 bits per heavy atom. The molecule has 0 saturated heterocycles. The van der Waals surface area contributed by atoms with E-state index in [1.807, 2.05) is 31.2 Å². The van der Waals surface area contributed by atoms with E-state index in [1.54, 1.807) is 13.0 Å². The van der Waals surface area contributed by atoms with Crippen molar-refractivity contribution in [2.45, 2.75) is 26.4 Å². The van der Waals surface area contributed by atoms with Crippen LogP contribution in [0, 0.1) is 6.92 Å². The van der Waals surface area contributed by atoms with Gasteiger partial charge >= 0.3 is 0 Å². The minimum absolute atomic E-state index is 0.304. The first-order chi connectivity index (χ1) is 8.81. The van der Waals surface area contributed by atoms with E-state index in [2.05, 4.69) is 0 Å². The first kappa shape index (κ1) is 15.9. The Hall–Kier alpha value is -1.17. The molecule has 106 valence electrons. The molecule has 0 aliphatic heterocycles. The van der Waals surface area contributed by atoms with Crippen LogP contribution in [-0.4, -0.2) is 37.5 Å². The van der Waals surface area contributed by atoms with Gasteiger partial charge in [0.25, 0.3) is 0 Å². The summed E-state index contributed by atoms with van der Waals surface area (Å²) in [4.78, 5) is 0. The number of sulfonamides is 1. The van der Waals surface area contributed by atoms with E-state index in [0.717, 1.165) is 11.1 Å². The van der Waals surface area contributed by atoms with Crippen LogP contribution in [0.15, 0.2) is 29.7 Å². The first-order valence-electron chi connectivity index (χ1n) is 6.20. The number of benzene rings is 1. The lowest BCUT2D eigenvalue weighted by Gasteiger charge is -2.15. The third-order valence-corrected chi connectivity index (χ3v) is 4.34.